The summed E-state index contributed by atoms with van der Waals surface area (Å²) in [7, 11) is 0. The second kappa shape index (κ2) is 5.93. The van der Waals surface area contributed by atoms with E-state index in [2.05, 4.69) is 10.1 Å². The van der Waals surface area contributed by atoms with E-state index in [9.17, 15) is 9.18 Å². The number of rotatable bonds is 5. The first-order valence-electron chi connectivity index (χ1n) is 5.96. The van der Waals surface area contributed by atoms with Crippen molar-refractivity contribution in [1.29, 1.82) is 0 Å². The molecule has 1 aromatic heterocycles. The standard InChI is InChI=1S/C13H13ClFN3O/c1-2-5-18-13(16-8-17-18)7-12(19)10-4-3-9(15)6-11(10)14/h3-4,6,8H,2,5,7H2,1H3. The molecule has 6 heteroatoms. The average Bonchev–Trinajstić information content (AvgIpc) is 2.77. The van der Waals surface area contributed by atoms with E-state index in [0.29, 0.717) is 17.9 Å². The molecule has 0 bridgehead atoms. The highest BCUT2D eigenvalue weighted by Crippen LogP contribution is 2.19. The van der Waals surface area contributed by atoms with E-state index >= 15 is 0 Å². The molecule has 0 saturated heterocycles. The van der Waals surface area contributed by atoms with Crippen molar-refractivity contribution >= 4 is 17.4 Å². The van der Waals surface area contributed by atoms with Crippen molar-refractivity contribution in [3.8, 4) is 0 Å². The lowest BCUT2D eigenvalue weighted by Crippen LogP contribution is -2.12. The molecule has 0 atom stereocenters. The number of carbonyl (C=O) groups is 1. The Morgan fingerprint density at radius 3 is 2.95 bits per heavy atom. The van der Waals surface area contributed by atoms with Gasteiger partial charge in [-0.25, -0.2) is 14.1 Å². The molecule has 1 heterocycles. The molecule has 19 heavy (non-hydrogen) atoms. The third-order valence-electron chi connectivity index (χ3n) is 2.68. The summed E-state index contributed by atoms with van der Waals surface area (Å²) in [4.78, 5) is 16.2. The van der Waals surface area contributed by atoms with Gasteiger partial charge in [0.05, 0.1) is 11.4 Å². The van der Waals surface area contributed by atoms with Gasteiger partial charge in [-0.05, 0) is 24.6 Å². The quantitative estimate of drug-likeness (QED) is 0.792. The van der Waals surface area contributed by atoms with Crippen molar-refractivity contribution in [1.82, 2.24) is 14.8 Å². The lowest BCUT2D eigenvalue weighted by atomic mass is 10.1. The lowest BCUT2D eigenvalue weighted by molar-refractivity contribution is 0.0989. The largest absolute Gasteiger partial charge is 0.294 e. The number of halogens is 2. The normalized spacial score (nSPS) is 10.7. The smallest absolute Gasteiger partial charge is 0.171 e. The zero-order valence-corrected chi connectivity index (χ0v) is 11.2. The first kappa shape index (κ1) is 13.7. The summed E-state index contributed by atoms with van der Waals surface area (Å²) in [5, 5.41) is 4.17. The van der Waals surface area contributed by atoms with Crippen LogP contribution in [0.15, 0.2) is 24.5 Å². The maximum atomic E-state index is 12.9. The number of ketones is 1. The van der Waals surface area contributed by atoms with Crippen molar-refractivity contribution in [2.75, 3.05) is 0 Å². The van der Waals surface area contributed by atoms with Gasteiger partial charge in [-0.15, -0.1) is 0 Å². The monoisotopic (exact) mass is 281 g/mol. The van der Waals surface area contributed by atoms with Crippen LogP contribution in [0.2, 0.25) is 5.02 Å². The number of hydrogen-bond donors (Lipinski definition) is 0. The highest BCUT2D eigenvalue weighted by molar-refractivity contribution is 6.34. The Morgan fingerprint density at radius 1 is 1.47 bits per heavy atom. The summed E-state index contributed by atoms with van der Waals surface area (Å²) >= 11 is 5.86. The fourth-order valence-corrected chi connectivity index (χ4v) is 2.05. The van der Waals surface area contributed by atoms with Gasteiger partial charge in [0, 0.05) is 12.1 Å². The van der Waals surface area contributed by atoms with Crippen LogP contribution < -0.4 is 0 Å². The molecule has 0 aliphatic carbocycles. The van der Waals surface area contributed by atoms with Gasteiger partial charge >= 0.3 is 0 Å². The zero-order valence-electron chi connectivity index (χ0n) is 10.4. The van der Waals surface area contributed by atoms with Crippen LogP contribution in [0, 0.1) is 5.82 Å². The third-order valence-corrected chi connectivity index (χ3v) is 2.99. The number of nitrogens with zero attached hydrogens (tertiary/aromatic N) is 3. The average molecular weight is 282 g/mol. The maximum absolute atomic E-state index is 12.9. The van der Waals surface area contributed by atoms with Crippen molar-refractivity contribution in [2.45, 2.75) is 26.3 Å². The second-order valence-corrected chi connectivity index (χ2v) is 4.53. The van der Waals surface area contributed by atoms with Gasteiger partial charge in [0.15, 0.2) is 5.78 Å². The van der Waals surface area contributed by atoms with Crippen molar-refractivity contribution in [3.05, 3.63) is 46.8 Å². The summed E-state index contributed by atoms with van der Waals surface area (Å²) in [5.74, 6) is -0.0710. The molecule has 0 amide bonds. The topological polar surface area (TPSA) is 47.8 Å². The Morgan fingerprint density at radius 2 is 2.26 bits per heavy atom. The number of carbonyl (C=O) groups excluding carboxylic acids is 1. The fraction of sp³-hybridized carbons (Fsp3) is 0.308. The summed E-state index contributed by atoms with van der Waals surface area (Å²) < 4.78 is 14.6. The third kappa shape index (κ3) is 3.17. The second-order valence-electron chi connectivity index (χ2n) is 4.12. The molecule has 0 aliphatic heterocycles. The highest BCUT2D eigenvalue weighted by Gasteiger charge is 2.15. The highest BCUT2D eigenvalue weighted by atomic mass is 35.5. The Bertz CT molecular complexity index is 597. The molecular weight excluding hydrogens is 269 g/mol. The number of benzene rings is 1. The van der Waals surface area contributed by atoms with Gasteiger partial charge in [-0.3, -0.25) is 4.79 Å². The van der Waals surface area contributed by atoms with Crippen molar-refractivity contribution in [3.63, 3.8) is 0 Å². The van der Waals surface area contributed by atoms with Gasteiger partial charge < -0.3 is 0 Å². The van der Waals surface area contributed by atoms with Crippen molar-refractivity contribution < 1.29 is 9.18 Å². The zero-order chi connectivity index (χ0) is 13.8. The Labute approximate surface area is 115 Å². The molecule has 1 aromatic carbocycles. The molecule has 2 rings (SSSR count). The summed E-state index contributed by atoms with van der Waals surface area (Å²) in [6.07, 6.45) is 2.43. The number of aryl methyl sites for hydroxylation is 1. The van der Waals surface area contributed by atoms with Gasteiger partial charge in [0.2, 0.25) is 0 Å². The summed E-state index contributed by atoms with van der Waals surface area (Å²) in [6.45, 7) is 2.73. The molecule has 0 fully saturated rings. The predicted molar refractivity (Wildman–Crippen MR) is 69.8 cm³/mol. The predicted octanol–water partition coefficient (Wildman–Crippen LogP) is 2.91. The van der Waals surface area contributed by atoms with Crippen LogP contribution in [0.25, 0.3) is 0 Å². The molecule has 0 unspecified atom stereocenters. The minimum atomic E-state index is -0.462. The molecule has 4 nitrogen and oxygen atoms in total. The van der Waals surface area contributed by atoms with Gasteiger partial charge in [-0.2, -0.15) is 5.10 Å². The summed E-state index contributed by atoms with van der Waals surface area (Å²) in [6, 6.07) is 3.74. The van der Waals surface area contributed by atoms with E-state index in [1.165, 1.54) is 18.5 Å². The first-order chi connectivity index (χ1) is 9.11. The van der Waals surface area contributed by atoms with E-state index in [4.69, 9.17) is 11.6 Å². The maximum Gasteiger partial charge on any atom is 0.171 e. The number of aromatic nitrogens is 3. The molecule has 0 N–H and O–H groups in total. The Hall–Kier alpha value is -1.75. The van der Waals surface area contributed by atoms with Crippen LogP contribution in [-0.4, -0.2) is 20.5 Å². The Balaban J connectivity index is 2.18. The molecule has 0 radical (unpaired) electrons. The number of Topliss-reactive ketones (excluding diaryl/α,β-unsaturated/α-hetero) is 1. The van der Waals surface area contributed by atoms with Crippen LogP contribution in [0.3, 0.4) is 0 Å². The molecule has 2 aromatic rings. The minimum Gasteiger partial charge on any atom is -0.294 e. The molecule has 0 aliphatic rings. The molecule has 100 valence electrons. The van der Waals surface area contributed by atoms with Crippen LogP contribution in [0.4, 0.5) is 4.39 Å². The van der Waals surface area contributed by atoms with E-state index in [-0.39, 0.29) is 17.2 Å². The van der Waals surface area contributed by atoms with E-state index < -0.39 is 5.82 Å². The lowest BCUT2D eigenvalue weighted by Gasteiger charge is -2.05. The first-order valence-corrected chi connectivity index (χ1v) is 6.34. The van der Waals surface area contributed by atoms with E-state index in [1.807, 2.05) is 6.92 Å². The Kier molecular flexibility index (Phi) is 4.27. The van der Waals surface area contributed by atoms with Crippen LogP contribution in [0.1, 0.15) is 29.5 Å². The van der Waals surface area contributed by atoms with Crippen molar-refractivity contribution in [2.24, 2.45) is 0 Å². The summed E-state index contributed by atoms with van der Waals surface area (Å²) in [5.41, 5.74) is 0.300. The molecular formula is C13H13ClFN3O. The minimum absolute atomic E-state index is 0.103. The van der Waals surface area contributed by atoms with E-state index in [1.54, 1.807) is 4.68 Å². The number of hydrogen-bond acceptors (Lipinski definition) is 3. The van der Waals surface area contributed by atoms with Gasteiger partial charge in [-0.1, -0.05) is 18.5 Å². The van der Waals surface area contributed by atoms with E-state index in [0.717, 1.165) is 12.5 Å². The molecule has 0 spiro atoms. The fourth-order valence-electron chi connectivity index (χ4n) is 1.78. The van der Waals surface area contributed by atoms with Gasteiger partial charge in [0.1, 0.15) is 18.0 Å². The van der Waals surface area contributed by atoms with Crippen LogP contribution in [0.5, 0.6) is 0 Å². The van der Waals surface area contributed by atoms with Crippen LogP contribution >= 0.6 is 11.6 Å². The molecule has 0 saturated carbocycles. The van der Waals surface area contributed by atoms with Crippen LogP contribution in [-0.2, 0) is 13.0 Å². The SMILES string of the molecule is CCCn1ncnc1CC(=O)c1ccc(F)cc1Cl. The van der Waals surface area contributed by atoms with Gasteiger partial charge in [0.25, 0.3) is 0 Å².